The minimum atomic E-state index is -0.493. The smallest absolute Gasteiger partial charge is 0.303 e. The normalized spacial score (nSPS) is 22.8. The van der Waals surface area contributed by atoms with Gasteiger partial charge in [0.15, 0.2) is 0 Å². The van der Waals surface area contributed by atoms with E-state index in [1.807, 2.05) is 0 Å². The lowest BCUT2D eigenvalue weighted by atomic mass is 10.2. The second-order valence-electron chi connectivity index (χ2n) is 2.85. The third kappa shape index (κ3) is 1.70. The van der Waals surface area contributed by atoms with Crippen LogP contribution in [0, 0.1) is 0 Å². The summed E-state index contributed by atoms with van der Waals surface area (Å²) in [5, 5.41) is 0. The summed E-state index contributed by atoms with van der Waals surface area (Å²) >= 11 is 0. The Morgan fingerprint density at radius 3 is 2.54 bits per heavy atom. The van der Waals surface area contributed by atoms with E-state index >= 15 is 0 Å². The molecule has 0 aromatic rings. The lowest BCUT2D eigenvalue weighted by Crippen LogP contribution is -2.27. The largest absolute Gasteiger partial charge is 0.330 e. The second-order valence-corrected chi connectivity index (χ2v) is 3.40. The highest BCUT2D eigenvalue weighted by atomic mass is 31.0. The van der Waals surface area contributed by atoms with Gasteiger partial charge in [-0.1, -0.05) is 0 Å². The zero-order chi connectivity index (χ0) is 10.0. The molecule has 0 spiro atoms. The van der Waals surface area contributed by atoms with Crippen molar-refractivity contribution in [3.63, 3.8) is 0 Å². The number of amides is 3. The van der Waals surface area contributed by atoms with Crippen LogP contribution in [-0.4, -0.2) is 40.9 Å². The first kappa shape index (κ1) is 10.1. The van der Waals surface area contributed by atoms with Crippen LogP contribution >= 0.6 is 9.39 Å². The van der Waals surface area contributed by atoms with Gasteiger partial charge in [-0.25, -0.2) is 4.79 Å². The summed E-state index contributed by atoms with van der Waals surface area (Å²) in [6.07, 6.45) is 1.43. The molecule has 1 saturated heterocycles. The summed E-state index contributed by atoms with van der Waals surface area (Å²) in [6.45, 7) is 0. The van der Waals surface area contributed by atoms with E-state index in [0.717, 1.165) is 11.2 Å². The second kappa shape index (κ2) is 3.83. The van der Waals surface area contributed by atoms with Gasteiger partial charge in [-0.2, -0.15) is 0 Å². The number of urea groups is 1. The molecule has 0 bridgehead atoms. The van der Waals surface area contributed by atoms with Crippen LogP contribution in [0.5, 0.6) is 0 Å². The van der Waals surface area contributed by atoms with Gasteiger partial charge in [-0.3, -0.25) is 14.4 Å². The molecule has 0 N–H and O–H groups in total. The van der Waals surface area contributed by atoms with Crippen LogP contribution in [-0.2, 0) is 9.59 Å². The zero-order valence-electron chi connectivity index (χ0n) is 7.27. The Hall–Kier alpha value is -0.960. The summed E-state index contributed by atoms with van der Waals surface area (Å²) in [5.74, 6) is -0.248. The summed E-state index contributed by atoms with van der Waals surface area (Å²) < 4.78 is 1.28. The number of imide groups is 1. The SMILES string of the molecule is CN1C(=O)C(CCC=O)N(P)C1=O. The fourth-order valence-electron chi connectivity index (χ4n) is 1.23. The Balaban J connectivity index is 2.69. The molecular formula is C7H11N2O3P. The van der Waals surface area contributed by atoms with Gasteiger partial charge in [0, 0.05) is 13.5 Å². The Morgan fingerprint density at radius 2 is 2.15 bits per heavy atom. The van der Waals surface area contributed by atoms with Crippen molar-refractivity contribution in [3.8, 4) is 0 Å². The molecule has 6 heteroatoms. The first-order valence-electron chi connectivity index (χ1n) is 3.88. The molecule has 72 valence electrons. The van der Waals surface area contributed by atoms with E-state index in [0.29, 0.717) is 12.8 Å². The summed E-state index contributed by atoms with van der Waals surface area (Å²) in [4.78, 5) is 33.7. The predicted molar refractivity (Wildman–Crippen MR) is 48.8 cm³/mol. The highest BCUT2D eigenvalue weighted by molar-refractivity contribution is 7.15. The van der Waals surface area contributed by atoms with Crippen molar-refractivity contribution in [3.05, 3.63) is 0 Å². The van der Waals surface area contributed by atoms with Crippen LogP contribution in [0.2, 0.25) is 0 Å². The summed E-state index contributed by atoms with van der Waals surface area (Å²) in [7, 11) is 3.63. The third-order valence-corrected chi connectivity index (χ3v) is 2.60. The van der Waals surface area contributed by atoms with Crippen molar-refractivity contribution < 1.29 is 14.4 Å². The molecule has 0 aromatic heterocycles. The van der Waals surface area contributed by atoms with Crippen molar-refractivity contribution in [1.82, 2.24) is 9.57 Å². The number of nitrogens with zero attached hydrogens (tertiary/aromatic N) is 2. The Kier molecular flexibility index (Phi) is 2.98. The number of carbonyl (C=O) groups is 3. The molecule has 2 unspecified atom stereocenters. The third-order valence-electron chi connectivity index (χ3n) is 2.02. The Bertz CT molecular complexity index is 256. The van der Waals surface area contributed by atoms with Gasteiger partial charge in [-0.15, -0.1) is 0 Å². The molecule has 5 nitrogen and oxygen atoms in total. The minimum Gasteiger partial charge on any atom is -0.303 e. The van der Waals surface area contributed by atoms with Crippen LogP contribution in [0.1, 0.15) is 12.8 Å². The van der Waals surface area contributed by atoms with E-state index in [9.17, 15) is 14.4 Å². The van der Waals surface area contributed by atoms with Crippen molar-refractivity contribution in [2.75, 3.05) is 7.05 Å². The Morgan fingerprint density at radius 1 is 1.54 bits per heavy atom. The standard InChI is InChI=1S/C7H11N2O3P/c1-8-6(11)5(3-2-4-10)9(13)7(8)12/h4-5H,2-3,13H2,1H3. The van der Waals surface area contributed by atoms with Crippen LogP contribution in [0.3, 0.4) is 0 Å². The van der Waals surface area contributed by atoms with Crippen LogP contribution in [0.4, 0.5) is 4.79 Å². The number of likely N-dealkylation sites (N-methyl/N-ethyl adjacent to an activating group) is 1. The summed E-state index contributed by atoms with van der Waals surface area (Å²) in [5.41, 5.74) is 0. The van der Waals surface area contributed by atoms with E-state index in [-0.39, 0.29) is 11.9 Å². The maximum Gasteiger partial charge on any atom is 0.330 e. The van der Waals surface area contributed by atoms with Gasteiger partial charge in [0.2, 0.25) is 0 Å². The van der Waals surface area contributed by atoms with E-state index in [2.05, 4.69) is 9.39 Å². The Labute approximate surface area is 78.3 Å². The molecule has 13 heavy (non-hydrogen) atoms. The topological polar surface area (TPSA) is 57.7 Å². The van der Waals surface area contributed by atoms with Gasteiger partial charge < -0.3 is 4.79 Å². The van der Waals surface area contributed by atoms with Gasteiger partial charge in [-0.05, 0) is 15.8 Å². The highest BCUT2D eigenvalue weighted by Crippen LogP contribution is 2.22. The monoisotopic (exact) mass is 202 g/mol. The molecule has 2 atom stereocenters. The van der Waals surface area contributed by atoms with Crippen molar-refractivity contribution >= 4 is 27.6 Å². The van der Waals surface area contributed by atoms with Crippen molar-refractivity contribution in [1.29, 1.82) is 0 Å². The van der Waals surface area contributed by atoms with E-state index < -0.39 is 6.04 Å². The molecule has 0 aromatic carbocycles. The first-order chi connectivity index (χ1) is 6.09. The quantitative estimate of drug-likeness (QED) is 0.368. The molecule has 1 rings (SSSR count). The molecule has 1 fully saturated rings. The molecular weight excluding hydrogens is 191 g/mol. The molecule has 3 amide bonds. The first-order valence-corrected chi connectivity index (χ1v) is 4.40. The number of aldehydes is 1. The highest BCUT2D eigenvalue weighted by Gasteiger charge is 2.40. The van der Waals surface area contributed by atoms with Gasteiger partial charge in [0.05, 0.1) is 0 Å². The molecule has 1 aliphatic heterocycles. The fraction of sp³-hybridized carbons (Fsp3) is 0.571. The van der Waals surface area contributed by atoms with Crippen LogP contribution < -0.4 is 0 Å². The zero-order valence-corrected chi connectivity index (χ0v) is 8.42. The average Bonchev–Trinajstić information content (AvgIpc) is 2.30. The molecule has 0 aliphatic carbocycles. The number of hydrogen-bond acceptors (Lipinski definition) is 3. The lowest BCUT2D eigenvalue weighted by Gasteiger charge is -2.13. The molecule has 0 saturated carbocycles. The molecule has 1 aliphatic rings. The predicted octanol–water partition coefficient (Wildman–Crippen LogP) is 0.0182. The van der Waals surface area contributed by atoms with Gasteiger partial charge in [0.1, 0.15) is 12.3 Å². The average molecular weight is 202 g/mol. The number of hydrogen-bond donors (Lipinski definition) is 0. The lowest BCUT2D eigenvalue weighted by molar-refractivity contribution is -0.127. The van der Waals surface area contributed by atoms with Crippen molar-refractivity contribution in [2.45, 2.75) is 18.9 Å². The fourth-order valence-corrected chi connectivity index (χ4v) is 1.68. The van der Waals surface area contributed by atoms with Crippen LogP contribution in [0.25, 0.3) is 0 Å². The maximum absolute atomic E-state index is 11.4. The van der Waals surface area contributed by atoms with Gasteiger partial charge in [0.25, 0.3) is 5.91 Å². The number of rotatable bonds is 3. The summed E-state index contributed by atoms with van der Waals surface area (Å²) in [6, 6.07) is -0.835. The molecule has 1 heterocycles. The van der Waals surface area contributed by atoms with Gasteiger partial charge >= 0.3 is 6.03 Å². The molecule has 0 radical (unpaired) electrons. The van der Waals surface area contributed by atoms with Crippen molar-refractivity contribution in [2.24, 2.45) is 0 Å². The van der Waals surface area contributed by atoms with Crippen LogP contribution in [0.15, 0.2) is 0 Å². The van der Waals surface area contributed by atoms with E-state index in [4.69, 9.17) is 0 Å². The van der Waals surface area contributed by atoms with E-state index in [1.165, 1.54) is 11.7 Å². The minimum absolute atomic E-state index is 0.248. The number of carbonyl (C=O) groups excluding carboxylic acids is 3. The van der Waals surface area contributed by atoms with E-state index in [1.54, 1.807) is 0 Å². The maximum atomic E-state index is 11.4.